The largest absolute Gasteiger partial charge is 0.332 e. The van der Waals surface area contributed by atoms with E-state index >= 15 is 0 Å². The van der Waals surface area contributed by atoms with Gasteiger partial charge in [0.15, 0.2) is 0 Å². The van der Waals surface area contributed by atoms with Crippen LogP contribution in [0.15, 0.2) is 24.3 Å². The van der Waals surface area contributed by atoms with Crippen LogP contribution in [0, 0.1) is 0 Å². The number of piperazine rings is 1. The van der Waals surface area contributed by atoms with E-state index in [0.717, 1.165) is 25.2 Å². The molecule has 0 aromatic heterocycles. The van der Waals surface area contributed by atoms with E-state index in [-0.39, 0.29) is 11.9 Å². The highest BCUT2D eigenvalue weighted by Crippen LogP contribution is 2.24. The highest BCUT2D eigenvalue weighted by atomic mass is 35.5. The van der Waals surface area contributed by atoms with Crippen molar-refractivity contribution in [3.05, 3.63) is 34.9 Å². The Kier molecular flexibility index (Phi) is 5.62. The van der Waals surface area contributed by atoms with Gasteiger partial charge in [0, 0.05) is 30.7 Å². The van der Waals surface area contributed by atoms with Crippen molar-refractivity contribution in [1.82, 2.24) is 15.1 Å². The minimum absolute atomic E-state index is 0.0607. The number of nitrogens with one attached hydrogen (secondary N) is 1. The molecule has 0 aliphatic carbocycles. The van der Waals surface area contributed by atoms with Crippen molar-refractivity contribution in [2.24, 2.45) is 0 Å². The Hall–Kier alpha value is -1.10. The molecule has 0 radical (unpaired) electrons. The van der Waals surface area contributed by atoms with Crippen LogP contribution in [0.25, 0.3) is 0 Å². The second kappa shape index (κ2) is 7.25. The van der Waals surface area contributed by atoms with E-state index in [9.17, 15) is 4.79 Å². The fraction of sp³-hybridized carbons (Fsp3) is 0.562. The van der Waals surface area contributed by atoms with E-state index in [1.54, 1.807) is 0 Å². The Morgan fingerprint density at radius 1 is 1.52 bits per heavy atom. The standard InChI is InChI=1S/C16H24ClN3O/c1-12(2)19(3)11-16(21)20-8-7-18-10-15(20)13-5-4-6-14(17)9-13/h4-6,9,12,15,18H,7-8,10-11H2,1-3H3. The van der Waals surface area contributed by atoms with E-state index in [0.29, 0.717) is 17.6 Å². The summed E-state index contributed by atoms with van der Waals surface area (Å²) in [4.78, 5) is 16.6. The molecule has 1 amide bonds. The van der Waals surface area contributed by atoms with Crippen LogP contribution in [0.4, 0.5) is 0 Å². The SMILES string of the molecule is CC(C)N(C)CC(=O)N1CCNCC1c1cccc(Cl)c1. The third-order valence-electron chi connectivity index (χ3n) is 4.06. The first kappa shape index (κ1) is 16.3. The third kappa shape index (κ3) is 4.19. The number of hydrogen-bond donors (Lipinski definition) is 1. The minimum Gasteiger partial charge on any atom is -0.332 e. The highest BCUT2D eigenvalue weighted by molar-refractivity contribution is 6.30. The number of rotatable bonds is 4. The average molecular weight is 310 g/mol. The molecular formula is C16H24ClN3O. The number of halogens is 1. The summed E-state index contributed by atoms with van der Waals surface area (Å²) in [7, 11) is 1.99. The zero-order chi connectivity index (χ0) is 15.4. The van der Waals surface area contributed by atoms with E-state index in [4.69, 9.17) is 11.6 Å². The number of hydrogen-bond acceptors (Lipinski definition) is 3. The maximum absolute atomic E-state index is 12.6. The zero-order valence-corrected chi connectivity index (χ0v) is 13.7. The van der Waals surface area contributed by atoms with E-state index in [1.165, 1.54) is 0 Å². The Bertz CT molecular complexity index is 492. The maximum Gasteiger partial charge on any atom is 0.237 e. The summed E-state index contributed by atoms with van der Waals surface area (Å²) in [5.74, 6) is 0.178. The predicted molar refractivity (Wildman–Crippen MR) is 86.5 cm³/mol. The fourth-order valence-corrected chi connectivity index (χ4v) is 2.70. The lowest BCUT2D eigenvalue weighted by Crippen LogP contribution is -2.51. The van der Waals surface area contributed by atoms with Gasteiger partial charge in [-0.1, -0.05) is 23.7 Å². The van der Waals surface area contributed by atoms with Gasteiger partial charge in [-0.15, -0.1) is 0 Å². The van der Waals surface area contributed by atoms with Gasteiger partial charge in [-0.25, -0.2) is 0 Å². The molecule has 1 saturated heterocycles. The van der Waals surface area contributed by atoms with Gasteiger partial charge >= 0.3 is 0 Å². The van der Waals surface area contributed by atoms with Gasteiger partial charge in [-0.05, 0) is 38.6 Å². The van der Waals surface area contributed by atoms with Crippen molar-refractivity contribution in [2.45, 2.75) is 25.9 Å². The first-order valence-electron chi connectivity index (χ1n) is 7.45. The molecule has 21 heavy (non-hydrogen) atoms. The zero-order valence-electron chi connectivity index (χ0n) is 13.0. The fourth-order valence-electron chi connectivity index (χ4n) is 2.50. The van der Waals surface area contributed by atoms with Crippen molar-refractivity contribution in [3.63, 3.8) is 0 Å². The van der Waals surface area contributed by atoms with E-state index in [2.05, 4.69) is 24.1 Å². The van der Waals surface area contributed by atoms with Crippen molar-refractivity contribution < 1.29 is 4.79 Å². The normalized spacial score (nSPS) is 19.3. The minimum atomic E-state index is 0.0607. The molecule has 1 aliphatic heterocycles. The molecule has 1 aliphatic rings. The number of benzene rings is 1. The molecule has 0 saturated carbocycles. The Morgan fingerprint density at radius 2 is 2.29 bits per heavy atom. The number of nitrogens with zero attached hydrogens (tertiary/aromatic N) is 2. The molecule has 1 aromatic carbocycles. The molecule has 1 unspecified atom stereocenters. The summed E-state index contributed by atoms with van der Waals surface area (Å²) in [6.07, 6.45) is 0. The second-order valence-electron chi connectivity index (χ2n) is 5.87. The molecule has 5 heteroatoms. The van der Waals surface area contributed by atoms with E-state index < -0.39 is 0 Å². The second-order valence-corrected chi connectivity index (χ2v) is 6.31. The van der Waals surface area contributed by atoms with Gasteiger partial charge in [0.1, 0.15) is 0 Å². The summed E-state index contributed by atoms with van der Waals surface area (Å²) >= 11 is 6.09. The van der Waals surface area contributed by atoms with Gasteiger partial charge in [0.2, 0.25) is 5.91 Å². The predicted octanol–water partition coefficient (Wildman–Crippen LogP) is 2.15. The quantitative estimate of drug-likeness (QED) is 0.926. The molecule has 116 valence electrons. The number of likely N-dealkylation sites (N-methyl/N-ethyl adjacent to an activating group) is 1. The summed E-state index contributed by atoms with van der Waals surface area (Å²) in [5, 5.41) is 4.08. The first-order chi connectivity index (χ1) is 9.99. The van der Waals surface area contributed by atoms with Crippen LogP contribution < -0.4 is 5.32 Å². The lowest BCUT2D eigenvalue weighted by molar-refractivity contribution is -0.135. The molecule has 2 rings (SSSR count). The van der Waals surface area contributed by atoms with Crippen molar-refractivity contribution in [3.8, 4) is 0 Å². The van der Waals surface area contributed by atoms with Gasteiger partial charge in [-0.2, -0.15) is 0 Å². The number of carbonyl (C=O) groups excluding carboxylic acids is 1. The van der Waals surface area contributed by atoms with Crippen LogP contribution in [-0.4, -0.2) is 55.0 Å². The van der Waals surface area contributed by atoms with Crippen LogP contribution in [-0.2, 0) is 4.79 Å². The van der Waals surface area contributed by atoms with Crippen molar-refractivity contribution >= 4 is 17.5 Å². The molecule has 0 spiro atoms. The van der Waals surface area contributed by atoms with Crippen LogP contribution >= 0.6 is 11.6 Å². The van der Waals surface area contributed by atoms with Gasteiger partial charge in [-0.3, -0.25) is 9.69 Å². The van der Waals surface area contributed by atoms with Crippen molar-refractivity contribution in [2.75, 3.05) is 33.2 Å². The molecule has 1 fully saturated rings. The Labute approximate surface area is 132 Å². The third-order valence-corrected chi connectivity index (χ3v) is 4.30. The smallest absolute Gasteiger partial charge is 0.237 e. The van der Waals surface area contributed by atoms with Crippen LogP contribution in [0.3, 0.4) is 0 Å². The molecule has 0 bridgehead atoms. The number of amides is 1. The van der Waals surface area contributed by atoms with Gasteiger partial charge in [0.05, 0.1) is 12.6 Å². The van der Waals surface area contributed by atoms with Crippen LogP contribution in [0.1, 0.15) is 25.5 Å². The molecule has 1 aromatic rings. The van der Waals surface area contributed by atoms with E-state index in [1.807, 2.05) is 36.2 Å². The number of carbonyl (C=O) groups is 1. The van der Waals surface area contributed by atoms with Gasteiger partial charge < -0.3 is 10.2 Å². The lowest BCUT2D eigenvalue weighted by atomic mass is 10.0. The Balaban J connectivity index is 2.13. The summed E-state index contributed by atoms with van der Waals surface area (Å²) < 4.78 is 0. The van der Waals surface area contributed by atoms with Crippen LogP contribution in [0.2, 0.25) is 5.02 Å². The maximum atomic E-state index is 12.6. The van der Waals surface area contributed by atoms with Crippen LogP contribution in [0.5, 0.6) is 0 Å². The molecule has 1 heterocycles. The monoisotopic (exact) mass is 309 g/mol. The molecule has 1 atom stereocenters. The summed E-state index contributed by atoms with van der Waals surface area (Å²) in [6, 6.07) is 8.21. The highest BCUT2D eigenvalue weighted by Gasteiger charge is 2.28. The van der Waals surface area contributed by atoms with Crippen molar-refractivity contribution in [1.29, 1.82) is 0 Å². The topological polar surface area (TPSA) is 35.6 Å². The average Bonchev–Trinajstić information content (AvgIpc) is 2.47. The first-order valence-corrected chi connectivity index (χ1v) is 7.82. The summed E-state index contributed by atoms with van der Waals surface area (Å²) in [5.41, 5.74) is 1.09. The Morgan fingerprint density at radius 3 is 2.95 bits per heavy atom. The summed E-state index contributed by atoms with van der Waals surface area (Å²) in [6.45, 7) is 7.00. The molecule has 4 nitrogen and oxygen atoms in total. The molecular weight excluding hydrogens is 286 g/mol. The molecule has 1 N–H and O–H groups in total. The van der Waals surface area contributed by atoms with Gasteiger partial charge in [0.25, 0.3) is 0 Å². The lowest BCUT2D eigenvalue weighted by Gasteiger charge is -2.38.